The Bertz CT molecular complexity index is 309. The predicted molar refractivity (Wildman–Crippen MR) is 58.7 cm³/mol. The van der Waals surface area contributed by atoms with Crippen LogP contribution in [0.3, 0.4) is 0 Å². The second-order valence-electron chi connectivity index (χ2n) is 3.38. The average molecular weight is 260 g/mol. The van der Waals surface area contributed by atoms with E-state index in [-0.39, 0.29) is 5.91 Å². The van der Waals surface area contributed by atoms with Crippen LogP contribution in [-0.2, 0) is 0 Å². The first-order valence-electron chi connectivity index (χ1n) is 4.54. The van der Waals surface area contributed by atoms with Gasteiger partial charge in [0.05, 0.1) is 0 Å². The first-order chi connectivity index (χ1) is 6.63. The van der Waals surface area contributed by atoms with E-state index in [1.807, 2.05) is 6.92 Å². The molecule has 0 saturated carbocycles. The number of furan rings is 1. The lowest BCUT2D eigenvalue weighted by Gasteiger charge is -2.07. The third-order valence-electron chi connectivity index (χ3n) is 1.84. The van der Waals surface area contributed by atoms with Crippen molar-refractivity contribution < 1.29 is 9.21 Å². The van der Waals surface area contributed by atoms with Crippen LogP contribution in [0.25, 0.3) is 0 Å². The Balaban J connectivity index is 2.43. The molecule has 14 heavy (non-hydrogen) atoms. The number of rotatable bonds is 4. The van der Waals surface area contributed by atoms with E-state index in [1.54, 1.807) is 12.1 Å². The molecule has 0 aliphatic rings. The molecule has 1 aromatic heterocycles. The Labute approximate surface area is 92.0 Å². The van der Waals surface area contributed by atoms with Gasteiger partial charge in [0.2, 0.25) is 0 Å². The van der Waals surface area contributed by atoms with Crippen LogP contribution in [0, 0.1) is 12.8 Å². The molecule has 0 bridgehead atoms. The number of aryl methyl sites for hydroxylation is 1. The summed E-state index contributed by atoms with van der Waals surface area (Å²) in [5, 5.41) is 3.68. The molecular weight excluding hydrogens is 246 g/mol. The Morgan fingerprint density at radius 3 is 2.86 bits per heavy atom. The molecule has 3 nitrogen and oxygen atoms in total. The lowest BCUT2D eigenvalue weighted by atomic mass is 10.2. The quantitative estimate of drug-likeness (QED) is 0.844. The number of hydrogen-bond acceptors (Lipinski definition) is 2. The smallest absolute Gasteiger partial charge is 0.287 e. The van der Waals surface area contributed by atoms with E-state index < -0.39 is 0 Å². The van der Waals surface area contributed by atoms with Gasteiger partial charge in [0.25, 0.3) is 5.91 Å². The first-order valence-corrected chi connectivity index (χ1v) is 5.66. The van der Waals surface area contributed by atoms with Gasteiger partial charge in [0.1, 0.15) is 5.76 Å². The van der Waals surface area contributed by atoms with Gasteiger partial charge in [-0.1, -0.05) is 22.9 Å². The molecule has 1 rings (SSSR count). The second kappa shape index (κ2) is 5.20. The van der Waals surface area contributed by atoms with Gasteiger partial charge in [0, 0.05) is 11.9 Å². The van der Waals surface area contributed by atoms with E-state index in [1.165, 1.54) is 0 Å². The summed E-state index contributed by atoms with van der Waals surface area (Å²) in [5.41, 5.74) is 0. The van der Waals surface area contributed by atoms with Crippen LogP contribution >= 0.6 is 15.9 Å². The zero-order valence-electron chi connectivity index (χ0n) is 8.34. The van der Waals surface area contributed by atoms with E-state index >= 15 is 0 Å². The van der Waals surface area contributed by atoms with Crippen molar-refractivity contribution in [3.63, 3.8) is 0 Å². The Morgan fingerprint density at radius 2 is 2.36 bits per heavy atom. The number of nitrogens with one attached hydrogen (secondary N) is 1. The predicted octanol–water partition coefficient (Wildman–Crippen LogP) is 2.35. The van der Waals surface area contributed by atoms with Crippen LogP contribution in [0.1, 0.15) is 23.2 Å². The molecule has 1 N–H and O–H groups in total. The standard InChI is InChI=1S/C10H14BrNO2/c1-7(5-11)6-12-10(13)9-4-3-8(2)14-9/h3-4,7H,5-6H2,1-2H3,(H,12,13). The van der Waals surface area contributed by atoms with Crippen LogP contribution in [0.2, 0.25) is 0 Å². The largest absolute Gasteiger partial charge is 0.456 e. The minimum absolute atomic E-state index is 0.147. The molecule has 78 valence electrons. The molecule has 1 amide bonds. The maximum Gasteiger partial charge on any atom is 0.287 e. The fourth-order valence-electron chi connectivity index (χ4n) is 0.965. The fourth-order valence-corrected chi connectivity index (χ4v) is 1.19. The number of amides is 1. The third-order valence-corrected chi connectivity index (χ3v) is 2.94. The van der Waals surface area contributed by atoms with Crippen LogP contribution in [-0.4, -0.2) is 17.8 Å². The normalized spacial score (nSPS) is 12.5. The van der Waals surface area contributed by atoms with E-state index in [2.05, 4.69) is 28.2 Å². The topological polar surface area (TPSA) is 42.2 Å². The van der Waals surface area contributed by atoms with Gasteiger partial charge in [-0.3, -0.25) is 4.79 Å². The lowest BCUT2D eigenvalue weighted by molar-refractivity contribution is 0.0920. The zero-order valence-corrected chi connectivity index (χ0v) is 9.93. The molecule has 0 radical (unpaired) electrons. The molecule has 1 aromatic rings. The van der Waals surface area contributed by atoms with E-state index in [0.29, 0.717) is 18.2 Å². The van der Waals surface area contributed by atoms with Crippen molar-refractivity contribution >= 4 is 21.8 Å². The summed E-state index contributed by atoms with van der Waals surface area (Å²) in [4.78, 5) is 11.5. The number of carbonyl (C=O) groups excluding carboxylic acids is 1. The van der Waals surface area contributed by atoms with Crippen LogP contribution in [0.5, 0.6) is 0 Å². The summed E-state index contributed by atoms with van der Waals surface area (Å²) in [7, 11) is 0. The third kappa shape index (κ3) is 3.18. The van der Waals surface area contributed by atoms with E-state index in [4.69, 9.17) is 4.42 Å². The molecule has 0 saturated heterocycles. The second-order valence-corrected chi connectivity index (χ2v) is 4.03. The fraction of sp³-hybridized carbons (Fsp3) is 0.500. The average Bonchev–Trinajstić information content (AvgIpc) is 2.60. The maximum atomic E-state index is 11.5. The Morgan fingerprint density at radius 1 is 1.64 bits per heavy atom. The zero-order chi connectivity index (χ0) is 10.6. The molecule has 1 heterocycles. The van der Waals surface area contributed by atoms with Gasteiger partial charge in [-0.05, 0) is 25.0 Å². The molecule has 4 heteroatoms. The highest BCUT2D eigenvalue weighted by Gasteiger charge is 2.10. The highest BCUT2D eigenvalue weighted by atomic mass is 79.9. The summed E-state index contributed by atoms with van der Waals surface area (Å²) in [6, 6.07) is 3.46. The number of carbonyl (C=O) groups is 1. The molecule has 0 aromatic carbocycles. The van der Waals surface area contributed by atoms with Crippen molar-refractivity contribution in [1.82, 2.24) is 5.32 Å². The van der Waals surface area contributed by atoms with Crippen LogP contribution < -0.4 is 5.32 Å². The van der Waals surface area contributed by atoms with Gasteiger partial charge in [-0.15, -0.1) is 0 Å². The monoisotopic (exact) mass is 259 g/mol. The van der Waals surface area contributed by atoms with Crippen molar-refractivity contribution in [2.75, 3.05) is 11.9 Å². The summed E-state index contributed by atoms with van der Waals surface area (Å²) in [6.07, 6.45) is 0. The lowest BCUT2D eigenvalue weighted by Crippen LogP contribution is -2.28. The minimum Gasteiger partial charge on any atom is -0.456 e. The SMILES string of the molecule is Cc1ccc(C(=O)NCC(C)CBr)o1. The van der Waals surface area contributed by atoms with Gasteiger partial charge >= 0.3 is 0 Å². The van der Waals surface area contributed by atoms with Crippen molar-refractivity contribution in [2.24, 2.45) is 5.92 Å². The number of alkyl halides is 1. The highest BCUT2D eigenvalue weighted by Crippen LogP contribution is 2.06. The van der Waals surface area contributed by atoms with Crippen molar-refractivity contribution in [3.05, 3.63) is 23.7 Å². The molecule has 0 aliphatic heterocycles. The highest BCUT2D eigenvalue weighted by molar-refractivity contribution is 9.09. The summed E-state index contributed by atoms with van der Waals surface area (Å²) in [5.74, 6) is 1.41. The van der Waals surface area contributed by atoms with E-state index in [0.717, 1.165) is 11.1 Å². The first kappa shape index (κ1) is 11.3. The minimum atomic E-state index is -0.147. The Kier molecular flexibility index (Phi) is 4.20. The number of halogens is 1. The van der Waals surface area contributed by atoms with Crippen LogP contribution in [0.4, 0.5) is 0 Å². The Hall–Kier alpha value is -0.770. The van der Waals surface area contributed by atoms with Crippen molar-refractivity contribution in [3.8, 4) is 0 Å². The van der Waals surface area contributed by atoms with Crippen LogP contribution in [0.15, 0.2) is 16.5 Å². The summed E-state index contributed by atoms with van der Waals surface area (Å²) >= 11 is 3.35. The molecule has 0 spiro atoms. The molecule has 1 unspecified atom stereocenters. The summed E-state index contributed by atoms with van der Waals surface area (Å²) < 4.78 is 5.19. The van der Waals surface area contributed by atoms with Gasteiger partial charge in [0.15, 0.2) is 5.76 Å². The van der Waals surface area contributed by atoms with Gasteiger partial charge < -0.3 is 9.73 Å². The number of hydrogen-bond donors (Lipinski definition) is 1. The molecular formula is C10H14BrNO2. The van der Waals surface area contributed by atoms with Gasteiger partial charge in [-0.25, -0.2) is 0 Å². The molecule has 0 aliphatic carbocycles. The summed E-state index contributed by atoms with van der Waals surface area (Å²) in [6.45, 7) is 4.53. The molecule has 1 atom stereocenters. The van der Waals surface area contributed by atoms with Crippen molar-refractivity contribution in [2.45, 2.75) is 13.8 Å². The van der Waals surface area contributed by atoms with Gasteiger partial charge in [-0.2, -0.15) is 0 Å². The molecule has 0 fully saturated rings. The maximum absolute atomic E-state index is 11.5. The van der Waals surface area contributed by atoms with Crippen molar-refractivity contribution in [1.29, 1.82) is 0 Å². The van der Waals surface area contributed by atoms with E-state index in [9.17, 15) is 4.79 Å².